The van der Waals surface area contributed by atoms with E-state index < -0.39 is 32.0 Å². The Kier molecular flexibility index (Phi) is 17.2. The van der Waals surface area contributed by atoms with Crippen molar-refractivity contribution in [2.24, 2.45) is 11.8 Å². The molecule has 10 rings (SSSR count). The first-order valence-corrected chi connectivity index (χ1v) is 30.4. The van der Waals surface area contributed by atoms with Crippen LogP contribution in [0.2, 0.25) is 35.7 Å². The van der Waals surface area contributed by atoms with Crippen LogP contribution in [-0.4, -0.2) is 163 Å². The number of halogens is 2. The average Bonchev–Trinajstić information content (AvgIpc) is 4.26. The lowest BCUT2D eigenvalue weighted by atomic mass is 10.0. The van der Waals surface area contributed by atoms with Crippen molar-refractivity contribution in [3.05, 3.63) is 82.4 Å². The van der Waals surface area contributed by atoms with Crippen LogP contribution in [0.4, 0.5) is 0 Å². The van der Waals surface area contributed by atoms with Crippen LogP contribution in [-0.2, 0) is 43.6 Å². The maximum atomic E-state index is 13.6. The van der Waals surface area contributed by atoms with E-state index in [2.05, 4.69) is 52.4 Å². The standard InChI is InChI=1S/C30H37ClN8O4Si.C24H23ClN8O3/c1-19(30(41)37-15-20(13-32)16-37)34-29(40)23-17-38(18-43-10-11-44(3,4)5)28-27(23)35-24(14-33-28)26-22-7-6-21(31)12-25(22)39(36-26)8-9-42-2;1-13(24(35)32-11-14(8-26)12-32)29-23(34)17-9-27-22-21(17)30-18(10-28-22)20-16-4-3-15(25)7-19(16)33(31-20)5-6-36-2/h6-7,12,14,17,19-20H,8-11,15-16,18H2,1-5H3,(H,34,40);3-4,7,9-10,13-14H,5-6,11-12H2,1-2H3,(H,27,28)(H,29,34)/t19-;13-/m11/s1. The molecule has 2 atom stereocenters. The number of methoxy groups -OCH3 is 2. The van der Waals surface area contributed by atoms with Crippen LogP contribution in [0.5, 0.6) is 0 Å². The highest BCUT2D eigenvalue weighted by Gasteiger charge is 2.35. The third kappa shape index (κ3) is 12.3. The molecule has 0 bridgehead atoms. The molecule has 26 heteroatoms. The van der Waals surface area contributed by atoms with E-state index in [1.165, 1.54) is 6.20 Å². The Morgan fingerprint density at radius 1 is 0.738 bits per heavy atom. The molecule has 3 N–H and O–H groups in total. The summed E-state index contributed by atoms with van der Waals surface area (Å²) in [6, 6.07) is 14.8. The highest BCUT2D eigenvalue weighted by molar-refractivity contribution is 6.76. The van der Waals surface area contributed by atoms with Gasteiger partial charge in [-0.15, -0.1) is 0 Å². The summed E-state index contributed by atoms with van der Waals surface area (Å²) in [6.45, 7) is 14.4. The molecule has 8 aromatic rings. The summed E-state index contributed by atoms with van der Waals surface area (Å²) in [5.74, 6) is -1.69. The van der Waals surface area contributed by atoms with E-state index in [0.29, 0.717) is 114 Å². The second-order valence-electron chi connectivity index (χ2n) is 20.9. The second kappa shape index (κ2) is 24.3. The summed E-state index contributed by atoms with van der Waals surface area (Å²) in [7, 11) is 1.97. The van der Waals surface area contributed by atoms with E-state index >= 15 is 0 Å². The molecule has 2 saturated heterocycles. The quantitative estimate of drug-likeness (QED) is 0.0573. The molecule has 2 aromatic carbocycles. The SMILES string of the molecule is COCCn1nc(-c2cnc3[nH]cc(C(=O)N[C@H](C)C(=O)N4CC(C#N)C4)c3n2)c2ccc(Cl)cc21.COCCn1nc(-c2cnc3c(n2)c(C(=O)N[C@H](C)C(=O)N2CC(C#N)C2)cn3COCC[Si](C)(C)C)c2ccc(Cl)cc21. The van der Waals surface area contributed by atoms with Gasteiger partial charge in [-0.2, -0.15) is 20.7 Å². The summed E-state index contributed by atoms with van der Waals surface area (Å²) in [6.07, 6.45) is 6.42. The number of ether oxygens (including phenoxy) is 3. The van der Waals surface area contributed by atoms with Crippen molar-refractivity contribution >= 4 is 99.0 Å². The maximum Gasteiger partial charge on any atom is 0.255 e. The molecule has 416 valence electrons. The third-order valence-corrected chi connectivity index (χ3v) is 16.0. The number of rotatable bonds is 19. The molecule has 0 spiro atoms. The van der Waals surface area contributed by atoms with Crippen LogP contribution < -0.4 is 10.6 Å². The number of H-pyrrole nitrogens is 1. The number of aromatic nitrogens is 10. The van der Waals surface area contributed by atoms with Gasteiger partial charge < -0.3 is 44.2 Å². The van der Waals surface area contributed by atoms with Crippen LogP contribution in [0, 0.1) is 34.5 Å². The van der Waals surface area contributed by atoms with Crippen molar-refractivity contribution in [3.63, 3.8) is 0 Å². The summed E-state index contributed by atoms with van der Waals surface area (Å²) in [4.78, 5) is 76.9. The molecule has 80 heavy (non-hydrogen) atoms. The maximum absolute atomic E-state index is 13.6. The van der Waals surface area contributed by atoms with E-state index in [0.717, 1.165) is 27.8 Å². The lowest BCUT2D eigenvalue weighted by molar-refractivity contribution is -0.138. The molecule has 0 radical (unpaired) electrons. The fraction of sp³-hybridized carbons (Fsp3) is 0.407. The van der Waals surface area contributed by atoms with Crippen LogP contribution in [0.15, 0.2) is 61.2 Å². The van der Waals surface area contributed by atoms with E-state index in [9.17, 15) is 19.2 Å². The molecule has 2 fully saturated rings. The van der Waals surface area contributed by atoms with Crippen molar-refractivity contribution in [2.75, 3.05) is 60.2 Å². The Hall–Kier alpha value is -7.84. The number of nitriles is 2. The monoisotopic (exact) mass is 1140 g/mol. The minimum atomic E-state index is -1.29. The smallest absolute Gasteiger partial charge is 0.255 e. The minimum absolute atomic E-state index is 0.149. The van der Waals surface area contributed by atoms with Gasteiger partial charge in [0.2, 0.25) is 11.8 Å². The van der Waals surface area contributed by atoms with Crippen molar-refractivity contribution in [1.82, 2.24) is 69.5 Å². The first kappa shape index (κ1) is 56.9. The summed E-state index contributed by atoms with van der Waals surface area (Å²) in [5, 5.41) is 35.9. The predicted octanol–water partition coefficient (Wildman–Crippen LogP) is 6.54. The number of fused-ring (bicyclic) bond motifs is 4. The summed E-state index contributed by atoms with van der Waals surface area (Å²) < 4.78 is 21.8. The zero-order chi connectivity index (χ0) is 57.0. The normalized spacial score (nSPS) is 14.5. The zero-order valence-electron chi connectivity index (χ0n) is 45.3. The molecular formula is C54H60Cl2N16O7Si. The van der Waals surface area contributed by atoms with E-state index in [-0.39, 0.29) is 41.5 Å². The first-order valence-electron chi connectivity index (χ1n) is 26.0. The highest BCUT2D eigenvalue weighted by atomic mass is 35.5. The second-order valence-corrected chi connectivity index (χ2v) is 27.4. The van der Waals surface area contributed by atoms with Gasteiger partial charge in [-0.25, -0.2) is 19.9 Å². The molecule has 23 nitrogen and oxygen atoms in total. The Labute approximate surface area is 471 Å². The number of carbonyl (C=O) groups is 4. The van der Waals surface area contributed by atoms with Gasteiger partial charge in [0.1, 0.15) is 52.6 Å². The Balaban J connectivity index is 0.000000197. The molecule has 0 saturated carbocycles. The van der Waals surface area contributed by atoms with E-state index in [1.807, 2.05) is 28.9 Å². The lowest BCUT2D eigenvalue weighted by Gasteiger charge is -2.37. The van der Waals surface area contributed by atoms with Gasteiger partial charge in [-0.1, -0.05) is 42.8 Å². The number of hydrogen-bond acceptors (Lipinski definition) is 15. The molecule has 8 heterocycles. The fourth-order valence-electron chi connectivity index (χ4n) is 9.22. The van der Waals surface area contributed by atoms with Crippen molar-refractivity contribution in [1.29, 1.82) is 10.5 Å². The van der Waals surface area contributed by atoms with Gasteiger partial charge in [0.15, 0.2) is 11.3 Å². The van der Waals surface area contributed by atoms with Gasteiger partial charge in [-0.05, 0) is 56.3 Å². The molecule has 0 aliphatic carbocycles. The van der Waals surface area contributed by atoms with Crippen LogP contribution in [0.3, 0.4) is 0 Å². The van der Waals surface area contributed by atoms with Gasteiger partial charge in [0.25, 0.3) is 11.8 Å². The van der Waals surface area contributed by atoms with Gasteiger partial charge in [0, 0.05) is 88.3 Å². The molecule has 6 aromatic heterocycles. The van der Waals surface area contributed by atoms with Crippen molar-refractivity contribution < 1.29 is 33.4 Å². The number of amides is 4. The van der Waals surface area contributed by atoms with Gasteiger partial charge >= 0.3 is 0 Å². The lowest BCUT2D eigenvalue weighted by Crippen LogP contribution is -2.55. The van der Waals surface area contributed by atoms with Crippen LogP contribution in [0.1, 0.15) is 34.6 Å². The topological polar surface area (TPSA) is 282 Å². The van der Waals surface area contributed by atoms with Crippen LogP contribution >= 0.6 is 23.2 Å². The van der Waals surface area contributed by atoms with Gasteiger partial charge in [-0.3, -0.25) is 28.5 Å². The zero-order valence-corrected chi connectivity index (χ0v) is 47.8. The molecule has 2 aliphatic heterocycles. The van der Waals surface area contributed by atoms with Gasteiger partial charge in [0.05, 0.1) is 84.8 Å². The van der Waals surface area contributed by atoms with Crippen molar-refractivity contribution in [3.8, 4) is 34.9 Å². The minimum Gasteiger partial charge on any atom is -0.383 e. The summed E-state index contributed by atoms with van der Waals surface area (Å²) >= 11 is 12.5. The number of nitrogens with one attached hydrogen (secondary N) is 3. The number of carbonyl (C=O) groups excluding carboxylic acids is 4. The molecule has 2 aliphatic rings. The number of hydrogen-bond donors (Lipinski definition) is 3. The number of nitrogens with zero attached hydrogens (tertiary/aromatic N) is 13. The van der Waals surface area contributed by atoms with Crippen molar-refractivity contribution in [2.45, 2.75) is 71.4 Å². The number of likely N-dealkylation sites (tertiary alicyclic amines) is 2. The Morgan fingerprint density at radius 2 is 1.24 bits per heavy atom. The van der Waals surface area contributed by atoms with E-state index in [1.54, 1.807) is 77.8 Å². The summed E-state index contributed by atoms with van der Waals surface area (Å²) in [5.41, 5.74) is 6.04. The first-order chi connectivity index (χ1) is 38.4. The highest BCUT2D eigenvalue weighted by Crippen LogP contribution is 2.33. The largest absolute Gasteiger partial charge is 0.383 e. The van der Waals surface area contributed by atoms with E-state index in [4.69, 9.17) is 73.1 Å². The Morgan fingerprint density at radius 3 is 1.74 bits per heavy atom. The fourth-order valence-corrected chi connectivity index (χ4v) is 10.3. The molecule has 4 amide bonds. The molecule has 0 unspecified atom stereocenters. The Bertz CT molecular complexity index is 3730. The predicted molar refractivity (Wildman–Crippen MR) is 302 cm³/mol. The number of aromatic amines is 1. The molecular weight excluding hydrogens is 1080 g/mol. The number of benzene rings is 2. The average molecular weight is 1140 g/mol. The third-order valence-electron chi connectivity index (χ3n) is 13.8. The van der Waals surface area contributed by atoms with Crippen LogP contribution in [0.25, 0.3) is 66.9 Å².